The predicted octanol–water partition coefficient (Wildman–Crippen LogP) is 4.11. The van der Waals surface area contributed by atoms with Gasteiger partial charge in [0.05, 0.1) is 5.69 Å². The van der Waals surface area contributed by atoms with Gasteiger partial charge in [0.1, 0.15) is 0 Å². The maximum absolute atomic E-state index is 4.28. The number of hydrogen-bond acceptors (Lipinski definition) is 2. The Hall–Kier alpha value is -1.38. The molecule has 0 aliphatic carbocycles. The average Bonchev–Trinajstić information content (AvgIpc) is 2.20. The molecule has 0 unspecified atom stereocenters. The van der Waals surface area contributed by atoms with Crippen molar-refractivity contribution in [2.75, 3.05) is 0 Å². The molecule has 3 heteroatoms. The zero-order valence-corrected chi connectivity index (χ0v) is 10.8. The van der Waals surface area contributed by atoms with Crippen LogP contribution in [-0.4, -0.2) is 17.1 Å². The Bertz CT molecular complexity index is 331. The predicted molar refractivity (Wildman–Crippen MR) is 67.8 cm³/mol. The summed E-state index contributed by atoms with van der Waals surface area (Å²) in [4.78, 5) is 0. The second-order valence-corrected chi connectivity index (χ2v) is 4.59. The van der Waals surface area contributed by atoms with Crippen LogP contribution in [0.2, 0.25) is 0 Å². The van der Waals surface area contributed by atoms with Crippen LogP contribution in [0.4, 0.5) is 5.69 Å². The summed E-state index contributed by atoms with van der Waals surface area (Å²) in [6, 6.07) is 8.80. The molecular formula is C13H21N3. The van der Waals surface area contributed by atoms with Crippen molar-refractivity contribution >= 4 is 5.69 Å². The van der Waals surface area contributed by atoms with E-state index in [1.54, 1.807) is 0 Å². The lowest BCUT2D eigenvalue weighted by molar-refractivity contribution is 0.169. The van der Waals surface area contributed by atoms with E-state index in [0.717, 1.165) is 5.69 Å². The highest BCUT2D eigenvalue weighted by Gasteiger charge is 2.10. The number of nitrogens with zero attached hydrogens (tertiary/aromatic N) is 3. The van der Waals surface area contributed by atoms with Crippen molar-refractivity contribution < 1.29 is 0 Å². The van der Waals surface area contributed by atoms with Gasteiger partial charge in [-0.3, -0.25) is 5.01 Å². The molecule has 0 bridgehead atoms. The first-order chi connectivity index (χ1) is 7.50. The maximum atomic E-state index is 4.28. The molecule has 1 rings (SSSR count). The van der Waals surface area contributed by atoms with E-state index in [2.05, 4.69) is 45.0 Å². The fourth-order valence-electron chi connectivity index (χ4n) is 1.52. The quantitative estimate of drug-likeness (QED) is 0.553. The van der Waals surface area contributed by atoms with Gasteiger partial charge >= 0.3 is 0 Å². The molecule has 0 spiro atoms. The largest absolute Gasteiger partial charge is 0.273 e. The van der Waals surface area contributed by atoms with Gasteiger partial charge in [-0.2, -0.15) is 0 Å². The van der Waals surface area contributed by atoms with Gasteiger partial charge < -0.3 is 0 Å². The van der Waals surface area contributed by atoms with E-state index >= 15 is 0 Å². The van der Waals surface area contributed by atoms with E-state index in [0.29, 0.717) is 12.1 Å². The molecule has 0 fully saturated rings. The highest BCUT2D eigenvalue weighted by molar-refractivity contribution is 5.37. The van der Waals surface area contributed by atoms with Gasteiger partial charge in [-0.15, -0.1) is 5.11 Å². The SMILES string of the molecule is Cc1ccc(N=NN(C(C)C)C(C)C)cc1. The third-order valence-corrected chi connectivity index (χ3v) is 2.36. The normalized spacial score (nSPS) is 11.7. The lowest BCUT2D eigenvalue weighted by Crippen LogP contribution is -2.31. The van der Waals surface area contributed by atoms with Gasteiger partial charge in [0.15, 0.2) is 0 Å². The van der Waals surface area contributed by atoms with Crippen LogP contribution in [0.5, 0.6) is 0 Å². The minimum absolute atomic E-state index is 0.370. The molecule has 0 saturated heterocycles. The molecule has 16 heavy (non-hydrogen) atoms. The van der Waals surface area contributed by atoms with Crippen molar-refractivity contribution in [2.45, 2.75) is 46.7 Å². The van der Waals surface area contributed by atoms with E-state index in [4.69, 9.17) is 0 Å². The molecule has 0 aliphatic heterocycles. The van der Waals surface area contributed by atoms with Crippen molar-refractivity contribution in [1.29, 1.82) is 0 Å². The van der Waals surface area contributed by atoms with Crippen LogP contribution >= 0.6 is 0 Å². The van der Waals surface area contributed by atoms with E-state index in [-0.39, 0.29) is 0 Å². The molecule has 0 aliphatic rings. The Morgan fingerprint density at radius 2 is 1.44 bits per heavy atom. The van der Waals surface area contributed by atoms with E-state index in [1.165, 1.54) is 5.56 Å². The van der Waals surface area contributed by atoms with Gasteiger partial charge in [-0.1, -0.05) is 22.9 Å². The molecule has 0 atom stereocenters. The lowest BCUT2D eigenvalue weighted by atomic mass is 10.2. The Labute approximate surface area is 98.2 Å². The molecule has 0 N–H and O–H groups in total. The monoisotopic (exact) mass is 219 g/mol. The third-order valence-electron chi connectivity index (χ3n) is 2.36. The summed E-state index contributed by atoms with van der Waals surface area (Å²) in [6.45, 7) is 10.5. The number of benzene rings is 1. The van der Waals surface area contributed by atoms with Crippen molar-refractivity contribution in [3.05, 3.63) is 29.8 Å². The molecule has 0 aromatic heterocycles. The standard InChI is InChI=1S/C13H21N3/c1-10(2)16(11(3)4)15-14-13-8-6-12(5)7-9-13/h6-11H,1-5H3. The Morgan fingerprint density at radius 3 is 1.88 bits per heavy atom. The van der Waals surface area contributed by atoms with Crippen LogP contribution in [0.15, 0.2) is 34.6 Å². The summed E-state index contributed by atoms with van der Waals surface area (Å²) in [5, 5.41) is 10.5. The molecule has 88 valence electrons. The second kappa shape index (κ2) is 5.64. The minimum atomic E-state index is 0.370. The van der Waals surface area contributed by atoms with Crippen LogP contribution in [0.1, 0.15) is 33.3 Å². The van der Waals surface area contributed by atoms with E-state index < -0.39 is 0 Å². The summed E-state index contributed by atoms with van der Waals surface area (Å²) >= 11 is 0. The topological polar surface area (TPSA) is 28.0 Å². The first-order valence-corrected chi connectivity index (χ1v) is 5.77. The molecule has 3 nitrogen and oxygen atoms in total. The summed E-state index contributed by atoms with van der Waals surface area (Å²) in [5.74, 6) is 0. The maximum Gasteiger partial charge on any atom is 0.0874 e. The average molecular weight is 219 g/mol. The first-order valence-electron chi connectivity index (χ1n) is 5.77. The zero-order chi connectivity index (χ0) is 12.1. The molecule has 0 amide bonds. The van der Waals surface area contributed by atoms with Crippen LogP contribution < -0.4 is 0 Å². The van der Waals surface area contributed by atoms with Crippen molar-refractivity contribution in [2.24, 2.45) is 10.3 Å². The highest BCUT2D eigenvalue weighted by Crippen LogP contribution is 2.15. The molecular weight excluding hydrogens is 198 g/mol. The zero-order valence-electron chi connectivity index (χ0n) is 10.8. The molecule has 0 heterocycles. The van der Waals surface area contributed by atoms with Crippen molar-refractivity contribution in [3.8, 4) is 0 Å². The highest BCUT2D eigenvalue weighted by atomic mass is 15.6. The summed E-state index contributed by atoms with van der Waals surface area (Å²) in [5.41, 5.74) is 2.14. The molecule has 0 saturated carbocycles. The van der Waals surface area contributed by atoms with Crippen LogP contribution in [0.25, 0.3) is 0 Å². The fourth-order valence-corrected chi connectivity index (χ4v) is 1.52. The molecule has 1 aromatic carbocycles. The number of aryl methyl sites for hydroxylation is 1. The van der Waals surface area contributed by atoms with Gasteiger partial charge in [0.25, 0.3) is 0 Å². The molecule has 1 aromatic rings. The molecule has 0 radical (unpaired) electrons. The van der Waals surface area contributed by atoms with Crippen molar-refractivity contribution in [1.82, 2.24) is 5.01 Å². The van der Waals surface area contributed by atoms with Crippen LogP contribution in [-0.2, 0) is 0 Å². The van der Waals surface area contributed by atoms with Gasteiger partial charge in [0.2, 0.25) is 0 Å². The van der Waals surface area contributed by atoms with E-state index in [1.807, 2.05) is 29.3 Å². The fraction of sp³-hybridized carbons (Fsp3) is 0.538. The smallest absolute Gasteiger partial charge is 0.0874 e. The number of hydrogen-bond donors (Lipinski definition) is 0. The Balaban J connectivity index is 2.74. The summed E-state index contributed by atoms with van der Waals surface area (Å²) < 4.78 is 0. The van der Waals surface area contributed by atoms with Crippen molar-refractivity contribution in [3.63, 3.8) is 0 Å². The third kappa shape index (κ3) is 3.65. The first kappa shape index (κ1) is 12.7. The van der Waals surface area contributed by atoms with E-state index in [9.17, 15) is 0 Å². The van der Waals surface area contributed by atoms with Crippen LogP contribution in [0, 0.1) is 6.92 Å². The lowest BCUT2D eigenvalue weighted by Gasteiger charge is -2.25. The van der Waals surface area contributed by atoms with Gasteiger partial charge in [0, 0.05) is 12.1 Å². The van der Waals surface area contributed by atoms with Gasteiger partial charge in [-0.25, -0.2) is 0 Å². The Kier molecular flexibility index (Phi) is 4.47. The number of rotatable bonds is 4. The van der Waals surface area contributed by atoms with Crippen LogP contribution in [0.3, 0.4) is 0 Å². The van der Waals surface area contributed by atoms with Gasteiger partial charge in [-0.05, 0) is 46.8 Å². The Morgan fingerprint density at radius 1 is 0.938 bits per heavy atom. The minimum Gasteiger partial charge on any atom is -0.273 e. The summed E-state index contributed by atoms with van der Waals surface area (Å²) in [7, 11) is 0. The second-order valence-electron chi connectivity index (χ2n) is 4.59. The summed E-state index contributed by atoms with van der Waals surface area (Å²) in [6.07, 6.45) is 0.